The molecule has 0 amide bonds. The van der Waals surface area contributed by atoms with E-state index in [9.17, 15) is 5.11 Å². The number of aliphatic hydroxyl groups is 1. The van der Waals surface area contributed by atoms with Gasteiger partial charge in [-0.05, 0) is 70.9 Å². The molecular formula is C28H36O5. The second kappa shape index (κ2) is 8.30. The van der Waals surface area contributed by atoms with Gasteiger partial charge >= 0.3 is 0 Å². The van der Waals surface area contributed by atoms with E-state index < -0.39 is 12.2 Å². The Morgan fingerprint density at radius 1 is 0.909 bits per heavy atom. The SMILES string of the molecule is COc1ccc([C@@H](O[C@H]2C[C@@H]3[C@H]4CC[C@@](C)([C@@H]3O2)C4(C)C)[C@@H](O)c2ccc(OC)cc2)cc1. The van der Waals surface area contributed by atoms with E-state index in [1.54, 1.807) is 14.2 Å². The first-order valence-corrected chi connectivity index (χ1v) is 12.1. The zero-order valence-electron chi connectivity index (χ0n) is 20.3. The number of methoxy groups -OCH3 is 2. The third-order valence-corrected chi connectivity index (χ3v) is 9.16. The molecule has 2 aromatic carbocycles. The van der Waals surface area contributed by atoms with Gasteiger partial charge in [0.25, 0.3) is 0 Å². The van der Waals surface area contributed by atoms with Crippen LogP contribution in [-0.4, -0.2) is 31.7 Å². The van der Waals surface area contributed by atoms with Gasteiger partial charge < -0.3 is 24.1 Å². The van der Waals surface area contributed by atoms with Crippen LogP contribution in [0.25, 0.3) is 0 Å². The summed E-state index contributed by atoms with van der Waals surface area (Å²) in [5, 5.41) is 11.4. The lowest BCUT2D eigenvalue weighted by Gasteiger charge is -2.39. The average Bonchev–Trinajstić information content (AvgIpc) is 3.40. The number of benzene rings is 2. The fourth-order valence-electron chi connectivity index (χ4n) is 6.84. The van der Waals surface area contributed by atoms with Crippen molar-refractivity contribution in [2.45, 2.75) is 64.6 Å². The number of ether oxygens (including phenoxy) is 4. The van der Waals surface area contributed by atoms with E-state index in [2.05, 4.69) is 20.8 Å². The molecule has 5 nitrogen and oxygen atoms in total. The molecular weight excluding hydrogens is 416 g/mol. The first-order valence-electron chi connectivity index (χ1n) is 12.1. The summed E-state index contributed by atoms with van der Waals surface area (Å²) in [5.41, 5.74) is 2.16. The van der Waals surface area contributed by atoms with Crippen LogP contribution in [0.3, 0.4) is 0 Å². The molecule has 3 aliphatic rings. The summed E-state index contributed by atoms with van der Waals surface area (Å²) in [6.07, 6.45) is 1.90. The molecule has 7 atom stereocenters. The molecule has 33 heavy (non-hydrogen) atoms. The maximum absolute atomic E-state index is 11.4. The minimum atomic E-state index is -0.836. The Labute approximate surface area is 197 Å². The van der Waals surface area contributed by atoms with Crippen molar-refractivity contribution in [1.29, 1.82) is 0 Å². The lowest BCUT2D eigenvalue weighted by atomic mass is 9.70. The number of hydrogen-bond donors (Lipinski definition) is 1. The van der Waals surface area contributed by atoms with Crippen molar-refractivity contribution in [2.24, 2.45) is 22.7 Å². The summed E-state index contributed by atoms with van der Waals surface area (Å²) in [5.74, 6) is 2.73. The van der Waals surface area contributed by atoms with Gasteiger partial charge in [-0.3, -0.25) is 0 Å². The van der Waals surface area contributed by atoms with Gasteiger partial charge in [-0.15, -0.1) is 0 Å². The van der Waals surface area contributed by atoms with Crippen LogP contribution in [0.4, 0.5) is 0 Å². The predicted octanol–water partition coefficient (Wildman–Crippen LogP) is 5.68. The molecule has 0 unspecified atom stereocenters. The van der Waals surface area contributed by atoms with Crippen LogP contribution in [0.2, 0.25) is 0 Å². The lowest BCUT2D eigenvalue weighted by Crippen LogP contribution is -2.38. The summed E-state index contributed by atoms with van der Waals surface area (Å²) in [7, 11) is 3.29. The predicted molar refractivity (Wildman–Crippen MR) is 126 cm³/mol. The first-order chi connectivity index (χ1) is 15.8. The van der Waals surface area contributed by atoms with E-state index in [0.717, 1.165) is 29.0 Å². The molecule has 1 N–H and O–H groups in total. The molecule has 1 saturated heterocycles. The maximum atomic E-state index is 11.4. The Hall–Kier alpha value is -2.08. The molecule has 5 heteroatoms. The molecule has 1 aliphatic heterocycles. The minimum absolute atomic E-state index is 0.185. The van der Waals surface area contributed by atoms with E-state index in [4.69, 9.17) is 18.9 Å². The normalized spacial score (nSPS) is 33.5. The van der Waals surface area contributed by atoms with Crippen molar-refractivity contribution in [2.75, 3.05) is 14.2 Å². The van der Waals surface area contributed by atoms with Crippen LogP contribution < -0.4 is 9.47 Å². The molecule has 178 valence electrons. The second-order valence-corrected chi connectivity index (χ2v) is 10.7. The van der Waals surface area contributed by atoms with E-state index in [1.165, 1.54) is 12.8 Å². The van der Waals surface area contributed by atoms with Crippen LogP contribution in [0.5, 0.6) is 11.5 Å². The molecule has 2 aliphatic carbocycles. The highest BCUT2D eigenvalue weighted by Gasteiger charge is 2.69. The Morgan fingerprint density at radius 3 is 2.03 bits per heavy atom. The summed E-state index contributed by atoms with van der Waals surface area (Å²) in [6.45, 7) is 7.22. The van der Waals surface area contributed by atoms with E-state index >= 15 is 0 Å². The maximum Gasteiger partial charge on any atom is 0.159 e. The van der Waals surface area contributed by atoms with Crippen molar-refractivity contribution in [3.05, 3.63) is 59.7 Å². The van der Waals surface area contributed by atoms with Crippen LogP contribution in [0, 0.1) is 22.7 Å². The fraction of sp³-hybridized carbons (Fsp3) is 0.571. The van der Waals surface area contributed by atoms with Gasteiger partial charge in [-0.1, -0.05) is 45.0 Å². The lowest BCUT2D eigenvalue weighted by molar-refractivity contribution is -0.206. The van der Waals surface area contributed by atoms with Gasteiger partial charge in [-0.25, -0.2) is 0 Å². The molecule has 2 saturated carbocycles. The summed E-state index contributed by atoms with van der Waals surface area (Å²) in [4.78, 5) is 0. The van der Waals surface area contributed by atoms with Crippen molar-refractivity contribution >= 4 is 0 Å². The monoisotopic (exact) mass is 452 g/mol. The van der Waals surface area contributed by atoms with Crippen LogP contribution in [0.1, 0.15) is 63.4 Å². The van der Waals surface area contributed by atoms with Gasteiger partial charge in [0.1, 0.15) is 23.7 Å². The van der Waals surface area contributed by atoms with E-state index in [0.29, 0.717) is 17.3 Å². The number of hydrogen-bond acceptors (Lipinski definition) is 5. The standard InChI is InChI=1S/C28H36O5/c1-27(2)22-14-15-28(27,3)26-21(22)16-23(33-26)32-25(18-8-12-20(31-5)13-9-18)24(29)17-6-10-19(30-4)11-7-17/h6-13,21-26,29H,14-16H2,1-5H3/t21-,22-,23-,24+,25-,26-,28+/m1/s1. The third kappa shape index (κ3) is 3.56. The molecule has 3 fully saturated rings. The Kier molecular flexibility index (Phi) is 5.71. The minimum Gasteiger partial charge on any atom is -0.497 e. The summed E-state index contributed by atoms with van der Waals surface area (Å²) in [6, 6.07) is 15.2. The molecule has 1 heterocycles. The first kappa shape index (κ1) is 22.7. The summed E-state index contributed by atoms with van der Waals surface area (Å²) >= 11 is 0. The van der Waals surface area contributed by atoms with Crippen LogP contribution >= 0.6 is 0 Å². The third-order valence-electron chi connectivity index (χ3n) is 9.16. The van der Waals surface area contributed by atoms with Crippen molar-refractivity contribution in [1.82, 2.24) is 0 Å². The van der Waals surface area contributed by atoms with Gasteiger partial charge in [0.05, 0.1) is 20.3 Å². The second-order valence-electron chi connectivity index (χ2n) is 10.7. The van der Waals surface area contributed by atoms with E-state index in [-0.39, 0.29) is 17.8 Å². The van der Waals surface area contributed by atoms with Gasteiger partial charge in [0.2, 0.25) is 0 Å². The Balaban J connectivity index is 1.39. The topological polar surface area (TPSA) is 57.2 Å². The zero-order valence-corrected chi connectivity index (χ0v) is 20.3. The van der Waals surface area contributed by atoms with Crippen molar-refractivity contribution in [3.8, 4) is 11.5 Å². The quantitative estimate of drug-likeness (QED) is 0.585. The zero-order chi connectivity index (χ0) is 23.4. The van der Waals surface area contributed by atoms with Crippen molar-refractivity contribution in [3.63, 3.8) is 0 Å². The van der Waals surface area contributed by atoms with E-state index in [1.807, 2.05) is 48.5 Å². The smallest absolute Gasteiger partial charge is 0.159 e. The Bertz CT molecular complexity index is 969. The van der Waals surface area contributed by atoms with Gasteiger partial charge in [-0.2, -0.15) is 0 Å². The molecule has 5 rings (SSSR count). The molecule has 0 radical (unpaired) electrons. The molecule has 2 bridgehead atoms. The average molecular weight is 453 g/mol. The van der Waals surface area contributed by atoms with Crippen LogP contribution in [0.15, 0.2) is 48.5 Å². The highest BCUT2D eigenvalue weighted by Crippen LogP contribution is 2.71. The molecule has 2 aromatic rings. The van der Waals surface area contributed by atoms with Crippen molar-refractivity contribution < 1.29 is 24.1 Å². The van der Waals surface area contributed by atoms with Crippen LogP contribution in [-0.2, 0) is 9.47 Å². The Morgan fingerprint density at radius 2 is 1.48 bits per heavy atom. The fourth-order valence-corrected chi connectivity index (χ4v) is 6.84. The number of fused-ring (bicyclic) bond motifs is 5. The van der Waals surface area contributed by atoms with Gasteiger partial charge in [0.15, 0.2) is 6.29 Å². The molecule has 0 aromatic heterocycles. The molecule has 0 spiro atoms. The highest BCUT2D eigenvalue weighted by molar-refractivity contribution is 5.33. The largest absolute Gasteiger partial charge is 0.497 e. The highest BCUT2D eigenvalue weighted by atomic mass is 16.7. The number of aliphatic hydroxyl groups excluding tert-OH is 1. The van der Waals surface area contributed by atoms with Gasteiger partial charge in [0, 0.05) is 6.42 Å². The summed E-state index contributed by atoms with van der Waals surface area (Å²) < 4.78 is 23.8. The number of rotatable bonds is 7.